The maximum absolute atomic E-state index is 13.0. The number of ether oxygens (including phenoxy) is 1. The fourth-order valence-electron chi connectivity index (χ4n) is 3.23. The molecule has 3 rings (SSSR count). The molecule has 3 N–H and O–H groups in total. The fourth-order valence-corrected chi connectivity index (χ4v) is 4.04. The van der Waals surface area contributed by atoms with Gasteiger partial charge in [0.2, 0.25) is 0 Å². The molecule has 1 heterocycles. The van der Waals surface area contributed by atoms with Crippen LogP contribution in [0.2, 0.25) is 5.02 Å². The van der Waals surface area contributed by atoms with E-state index in [9.17, 15) is 9.59 Å². The Morgan fingerprint density at radius 1 is 1.06 bits per heavy atom. The third-order valence-electron chi connectivity index (χ3n) is 5.27. The zero-order valence-electron chi connectivity index (χ0n) is 20.3. The average Bonchev–Trinajstić information content (AvgIpc) is 2.89. The molecule has 0 unspecified atom stereocenters. The Hall–Kier alpha value is -3.56. The molecule has 0 saturated heterocycles. The molecular formula is C26H28ClN5O3S. The third kappa shape index (κ3) is 7.22. The summed E-state index contributed by atoms with van der Waals surface area (Å²) in [6, 6.07) is 14.8. The van der Waals surface area contributed by atoms with Crippen LogP contribution in [0.25, 0.3) is 0 Å². The van der Waals surface area contributed by atoms with Gasteiger partial charge in [0.1, 0.15) is 17.4 Å². The van der Waals surface area contributed by atoms with Crippen molar-refractivity contribution in [3.05, 3.63) is 82.5 Å². The van der Waals surface area contributed by atoms with Gasteiger partial charge < -0.3 is 20.3 Å². The largest absolute Gasteiger partial charge is 0.497 e. The number of benzene rings is 2. The monoisotopic (exact) mass is 525 g/mol. The van der Waals surface area contributed by atoms with Crippen LogP contribution in [0.3, 0.4) is 0 Å². The van der Waals surface area contributed by atoms with E-state index in [1.165, 1.54) is 19.4 Å². The van der Waals surface area contributed by atoms with Crippen molar-refractivity contribution in [2.24, 2.45) is 0 Å². The van der Waals surface area contributed by atoms with E-state index in [-0.39, 0.29) is 11.5 Å². The second kappa shape index (κ2) is 12.9. The average molecular weight is 526 g/mol. The van der Waals surface area contributed by atoms with Crippen molar-refractivity contribution in [1.29, 1.82) is 5.41 Å². The number of aromatic nitrogens is 1. The molecule has 8 nitrogen and oxygen atoms in total. The molecule has 36 heavy (non-hydrogen) atoms. The van der Waals surface area contributed by atoms with E-state index in [0.29, 0.717) is 33.7 Å². The summed E-state index contributed by atoms with van der Waals surface area (Å²) >= 11 is 7.69. The summed E-state index contributed by atoms with van der Waals surface area (Å²) in [6.07, 6.45) is 1.43. The van der Waals surface area contributed by atoms with E-state index in [0.717, 1.165) is 23.6 Å². The van der Waals surface area contributed by atoms with Gasteiger partial charge in [-0.3, -0.25) is 15.0 Å². The Balaban J connectivity index is 1.74. The highest BCUT2D eigenvalue weighted by atomic mass is 35.5. The van der Waals surface area contributed by atoms with Crippen molar-refractivity contribution in [3.63, 3.8) is 0 Å². The number of hydrogen-bond acceptors (Lipinski definition) is 6. The van der Waals surface area contributed by atoms with Gasteiger partial charge >= 0.3 is 0 Å². The first-order valence-corrected chi connectivity index (χ1v) is 12.8. The van der Waals surface area contributed by atoms with Crippen molar-refractivity contribution in [2.45, 2.75) is 6.92 Å². The predicted molar refractivity (Wildman–Crippen MR) is 147 cm³/mol. The molecule has 2 aromatic carbocycles. The Morgan fingerprint density at radius 3 is 2.42 bits per heavy atom. The van der Waals surface area contributed by atoms with Gasteiger partial charge in [-0.15, -0.1) is 0 Å². The molecule has 0 fully saturated rings. The Kier molecular flexibility index (Phi) is 9.72. The zero-order valence-corrected chi connectivity index (χ0v) is 21.9. The molecule has 0 saturated carbocycles. The van der Waals surface area contributed by atoms with Gasteiger partial charge in [-0.25, -0.2) is 4.98 Å². The summed E-state index contributed by atoms with van der Waals surface area (Å²) in [7, 11) is 3.38. The van der Waals surface area contributed by atoms with Crippen LogP contribution in [0.15, 0.2) is 60.8 Å². The van der Waals surface area contributed by atoms with Crippen LogP contribution in [0.4, 0.5) is 11.5 Å². The summed E-state index contributed by atoms with van der Waals surface area (Å²) in [5.41, 5.74) is 1.65. The molecule has 188 valence electrons. The molecule has 2 amide bonds. The Labute approximate surface area is 219 Å². The summed E-state index contributed by atoms with van der Waals surface area (Å²) < 4.78 is 5.25. The van der Waals surface area contributed by atoms with Crippen molar-refractivity contribution in [3.8, 4) is 5.75 Å². The standard InChI is InChI=1S/C26H28ClN5O3S/c1-4-36-14-13-32(2)24(28)17-5-7-18(8-6-17)25(33)30-22-11-10-20(35-3)15-21(22)26(34)31-23-12-9-19(27)16-29-23/h5-12,15-16,28H,4,13-14H2,1-3H3,(H,30,33)(H,29,31,34). The smallest absolute Gasteiger partial charge is 0.259 e. The van der Waals surface area contributed by atoms with Crippen LogP contribution in [0.1, 0.15) is 33.2 Å². The second-order valence-corrected chi connectivity index (χ2v) is 9.56. The number of amides is 2. The van der Waals surface area contributed by atoms with E-state index in [1.807, 2.05) is 23.7 Å². The van der Waals surface area contributed by atoms with Gasteiger partial charge in [0, 0.05) is 36.7 Å². The number of amidine groups is 1. The van der Waals surface area contributed by atoms with E-state index in [4.69, 9.17) is 21.7 Å². The molecule has 3 aromatic rings. The number of methoxy groups -OCH3 is 1. The lowest BCUT2D eigenvalue weighted by Gasteiger charge is -2.20. The third-order valence-corrected chi connectivity index (χ3v) is 6.37. The van der Waals surface area contributed by atoms with Gasteiger partial charge in [0.05, 0.1) is 23.4 Å². The van der Waals surface area contributed by atoms with Crippen molar-refractivity contribution in [2.75, 3.05) is 42.8 Å². The molecule has 0 aliphatic rings. The molecule has 0 atom stereocenters. The minimum Gasteiger partial charge on any atom is -0.497 e. The number of thioether (sulfide) groups is 1. The number of pyridine rings is 1. The Morgan fingerprint density at radius 2 is 1.78 bits per heavy atom. The van der Waals surface area contributed by atoms with E-state index in [1.54, 1.807) is 48.5 Å². The highest BCUT2D eigenvalue weighted by molar-refractivity contribution is 7.99. The summed E-state index contributed by atoms with van der Waals surface area (Å²) in [6.45, 7) is 2.88. The molecule has 0 radical (unpaired) electrons. The maximum Gasteiger partial charge on any atom is 0.259 e. The molecule has 0 spiro atoms. The van der Waals surface area contributed by atoms with Gasteiger partial charge in [-0.1, -0.05) is 30.7 Å². The van der Waals surface area contributed by atoms with Crippen LogP contribution < -0.4 is 15.4 Å². The first-order valence-electron chi connectivity index (χ1n) is 11.2. The molecule has 1 aromatic heterocycles. The van der Waals surface area contributed by atoms with Gasteiger partial charge in [0.15, 0.2) is 0 Å². The SMILES string of the molecule is CCSCCN(C)C(=N)c1ccc(C(=O)Nc2ccc(OC)cc2C(=O)Nc2ccc(Cl)cn2)cc1. The number of rotatable bonds is 10. The van der Waals surface area contributed by atoms with Crippen molar-refractivity contribution >= 4 is 52.5 Å². The molecular weight excluding hydrogens is 498 g/mol. The minimum atomic E-state index is -0.466. The summed E-state index contributed by atoms with van der Waals surface area (Å²) in [5.74, 6) is 2.31. The van der Waals surface area contributed by atoms with Gasteiger partial charge in [-0.2, -0.15) is 11.8 Å². The number of nitrogens with one attached hydrogen (secondary N) is 3. The van der Waals surface area contributed by atoms with Crippen molar-refractivity contribution in [1.82, 2.24) is 9.88 Å². The minimum absolute atomic E-state index is 0.212. The lowest BCUT2D eigenvalue weighted by molar-refractivity contribution is 0.102. The Bertz CT molecular complexity index is 1220. The van der Waals surface area contributed by atoms with Crippen LogP contribution >= 0.6 is 23.4 Å². The number of hydrogen-bond donors (Lipinski definition) is 3. The van der Waals surface area contributed by atoms with E-state index < -0.39 is 5.91 Å². The van der Waals surface area contributed by atoms with E-state index in [2.05, 4.69) is 22.5 Å². The maximum atomic E-state index is 13.0. The molecule has 0 aliphatic carbocycles. The van der Waals surface area contributed by atoms with Crippen LogP contribution in [0.5, 0.6) is 5.75 Å². The van der Waals surface area contributed by atoms with E-state index >= 15 is 0 Å². The quantitative estimate of drug-likeness (QED) is 0.189. The van der Waals surface area contributed by atoms with Gasteiger partial charge in [-0.05, 0) is 48.2 Å². The number of nitrogens with zero attached hydrogens (tertiary/aromatic N) is 2. The van der Waals surface area contributed by atoms with Crippen LogP contribution in [0, 0.1) is 5.41 Å². The summed E-state index contributed by atoms with van der Waals surface area (Å²) in [5, 5.41) is 14.3. The molecule has 10 heteroatoms. The molecule has 0 bridgehead atoms. The van der Waals surface area contributed by atoms with Gasteiger partial charge in [0.25, 0.3) is 11.8 Å². The highest BCUT2D eigenvalue weighted by Crippen LogP contribution is 2.24. The highest BCUT2D eigenvalue weighted by Gasteiger charge is 2.17. The first-order chi connectivity index (χ1) is 17.3. The summed E-state index contributed by atoms with van der Waals surface area (Å²) in [4.78, 5) is 31.9. The lowest BCUT2D eigenvalue weighted by atomic mass is 10.1. The van der Waals surface area contributed by atoms with Crippen LogP contribution in [-0.4, -0.2) is 59.7 Å². The number of anilines is 2. The van der Waals surface area contributed by atoms with Crippen LogP contribution in [-0.2, 0) is 0 Å². The number of halogens is 1. The predicted octanol–water partition coefficient (Wildman–Crippen LogP) is 5.26. The molecule has 0 aliphatic heterocycles. The normalized spacial score (nSPS) is 10.4. The van der Waals surface area contributed by atoms with Crippen molar-refractivity contribution < 1.29 is 14.3 Å². The topological polar surface area (TPSA) is 107 Å². The zero-order chi connectivity index (χ0) is 26.1. The number of carbonyl (C=O) groups excluding carboxylic acids is 2. The second-order valence-electron chi connectivity index (χ2n) is 7.73. The first kappa shape index (κ1) is 27.0. The lowest BCUT2D eigenvalue weighted by Crippen LogP contribution is -2.29. The fraction of sp³-hybridized carbons (Fsp3) is 0.231. The number of carbonyl (C=O) groups is 2.